The van der Waals surface area contributed by atoms with Crippen molar-refractivity contribution in [3.63, 3.8) is 0 Å². The molecule has 0 aromatic heterocycles. The minimum atomic E-state index is -0.462. The Hall–Kier alpha value is -0.800. The van der Waals surface area contributed by atoms with Crippen LogP contribution in [0.3, 0.4) is 0 Å². The average Bonchev–Trinajstić information content (AvgIpc) is 2.16. The summed E-state index contributed by atoms with van der Waals surface area (Å²) in [4.78, 5) is 11.6. The molecule has 88 valence electrons. The van der Waals surface area contributed by atoms with Crippen molar-refractivity contribution in [2.24, 2.45) is 0 Å². The molecule has 1 rings (SSSR count). The number of carbonyl (C=O) groups is 1. The summed E-state index contributed by atoms with van der Waals surface area (Å²) in [5.74, 6) is -0.779. The van der Waals surface area contributed by atoms with Crippen LogP contribution in [0.2, 0.25) is 5.02 Å². The maximum Gasteiger partial charge on any atom is 0.252 e. The summed E-state index contributed by atoms with van der Waals surface area (Å²) in [6.45, 7) is 2.32. The molecule has 2 nitrogen and oxygen atoms in total. The maximum absolute atomic E-state index is 12.7. The van der Waals surface area contributed by atoms with Crippen molar-refractivity contribution in [1.82, 2.24) is 5.32 Å². The van der Waals surface area contributed by atoms with E-state index in [0.29, 0.717) is 13.0 Å². The summed E-state index contributed by atoms with van der Waals surface area (Å²) in [5.41, 5.74) is 0.269. The Morgan fingerprint density at radius 3 is 2.81 bits per heavy atom. The molecule has 0 fully saturated rings. The number of benzene rings is 1. The standard InChI is InChI=1S/C11H12Cl2FNO/c1-7(12)4-5-15-11(16)9-3-2-8(14)6-10(9)13/h2-3,6-7H,4-5H2,1H3,(H,15,16). The van der Waals surface area contributed by atoms with Gasteiger partial charge in [0.2, 0.25) is 0 Å². The molecule has 0 aliphatic rings. The van der Waals surface area contributed by atoms with Gasteiger partial charge in [-0.2, -0.15) is 0 Å². The van der Waals surface area contributed by atoms with Crippen LogP contribution in [0.5, 0.6) is 0 Å². The molecule has 1 atom stereocenters. The van der Waals surface area contributed by atoms with E-state index in [1.54, 1.807) is 0 Å². The van der Waals surface area contributed by atoms with E-state index in [-0.39, 0.29) is 21.9 Å². The SMILES string of the molecule is CC(Cl)CCNC(=O)c1ccc(F)cc1Cl. The van der Waals surface area contributed by atoms with Crippen LogP contribution in [0, 0.1) is 5.82 Å². The van der Waals surface area contributed by atoms with Gasteiger partial charge >= 0.3 is 0 Å². The Labute approximate surface area is 104 Å². The lowest BCUT2D eigenvalue weighted by Crippen LogP contribution is -2.26. The Bertz CT molecular complexity index is 382. The van der Waals surface area contributed by atoms with E-state index in [9.17, 15) is 9.18 Å². The summed E-state index contributed by atoms with van der Waals surface area (Å²) in [6, 6.07) is 3.67. The fourth-order valence-corrected chi connectivity index (χ4v) is 1.52. The summed E-state index contributed by atoms with van der Waals surface area (Å²) in [5, 5.41) is 2.77. The molecular formula is C11H12Cl2FNO. The second-order valence-corrected chi connectivity index (χ2v) is 4.60. The molecule has 1 N–H and O–H groups in total. The van der Waals surface area contributed by atoms with Crippen molar-refractivity contribution < 1.29 is 9.18 Å². The lowest BCUT2D eigenvalue weighted by molar-refractivity contribution is 0.0953. The van der Waals surface area contributed by atoms with Crippen LogP contribution in [0.1, 0.15) is 23.7 Å². The van der Waals surface area contributed by atoms with Crippen LogP contribution in [0.4, 0.5) is 4.39 Å². The van der Waals surface area contributed by atoms with Crippen molar-refractivity contribution in [3.05, 3.63) is 34.6 Å². The van der Waals surface area contributed by atoms with Crippen LogP contribution in [0.15, 0.2) is 18.2 Å². The number of hydrogen-bond acceptors (Lipinski definition) is 1. The summed E-state index contributed by atoms with van der Waals surface area (Å²) >= 11 is 11.5. The number of alkyl halides is 1. The van der Waals surface area contributed by atoms with Gasteiger partial charge in [0.1, 0.15) is 5.82 Å². The van der Waals surface area contributed by atoms with Gasteiger partial charge in [-0.3, -0.25) is 4.79 Å². The number of amides is 1. The average molecular weight is 264 g/mol. The van der Waals surface area contributed by atoms with Gasteiger partial charge in [0.05, 0.1) is 10.6 Å². The third-order valence-electron chi connectivity index (χ3n) is 2.00. The van der Waals surface area contributed by atoms with Crippen LogP contribution in [-0.2, 0) is 0 Å². The predicted octanol–water partition coefficient (Wildman–Crippen LogP) is 3.23. The molecule has 0 radical (unpaired) electrons. The highest BCUT2D eigenvalue weighted by Gasteiger charge is 2.10. The largest absolute Gasteiger partial charge is 0.352 e. The first-order valence-corrected chi connectivity index (χ1v) is 5.69. The molecule has 0 bridgehead atoms. The zero-order chi connectivity index (χ0) is 12.1. The Morgan fingerprint density at radius 2 is 2.25 bits per heavy atom. The summed E-state index contributed by atoms with van der Waals surface area (Å²) in [6.07, 6.45) is 0.673. The second kappa shape index (κ2) is 6.06. The molecule has 0 saturated heterocycles. The maximum atomic E-state index is 12.7. The van der Waals surface area contributed by atoms with Gasteiger partial charge in [-0.15, -0.1) is 11.6 Å². The fourth-order valence-electron chi connectivity index (χ4n) is 1.15. The van der Waals surface area contributed by atoms with Crippen molar-refractivity contribution >= 4 is 29.1 Å². The lowest BCUT2D eigenvalue weighted by Gasteiger charge is -2.07. The van der Waals surface area contributed by atoms with Gasteiger partial charge in [0.25, 0.3) is 5.91 Å². The number of rotatable bonds is 4. The quantitative estimate of drug-likeness (QED) is 0.831. The van der Waals surface area contributed by atoms with E-state index in [1.807, 2.05) is 6.92 Å². The van der Waals surface area contributed by atoms with E-state index < -0.39 is 5.82 Å². The van der Waals surface area contributed by atoms with Gasteiger partial charge < -0.3 is 5.32 Å². The zero-order valence-corrected chi connectivity index (χ0v) is 10.3. The topological polar surface area (TPSA) is 29.1 Å². The molecule has 0 heterocycles. The lowest BCUT2D eigenvalue weighted by atomic mass is 10.2. The first-order chi connectivity index (χ1) is 7.50. The summed E-state index contributed by atoms with van der Waals surface area (Å²) in [7, 11) is 0. The molecular weight excluding hydrogens is 252 g/mol. The van der Waals surface area contributed by atoms with E-state index in [2.05, 4.69) is 5.32 Å². The molecule has 1 amide bonds. The van der Waals surface area contributed by atoms with E-state index in [4.69, 9.17) is 23.2 Å². The van der Waals surface area contributed by atoms with Gasteiger partial charge in [-0.1, -0.05) is 11.6 Å². The van der Waals surface area contributed by atoms with Crippen molar-refractivity contribution in [2.75, 3.05) is 6.54 Å². The van der Waals surface area contributed by atoms with Gasteiger partial charge in [0, 0.05) is 11.9 Å². The highest BCUT2D eigenvalue weighted by atomic mass is 35.5. The first kappa shape index (κ1) is 13.3. The number of nitrogens with one attached hydrogen (secondary N) is 1. The van der Waals surface area contributed by atoms with Crippen LogP contribution in [0.25, 0.3) is 0 Å². The zero-order valence-electron chi connectivity index (χ0n) is 8.77. The molecule has 16 heavy (non-hydrogen) atoms. The van der Waals surface area contributed by atoms with Crippen LogP contribution in [-0.4, -0.2) is 17.8 Å². The monoisotopic (exact) mass is 263 g/mol. The van der Waals surface area contributed by atoms with E-state index in [0.717, 1.165) is 6.07 Å². The Morgan fingerprint density at radius 1 is 1.56 bits per heavy atom. The molecule has 0 aliphatic carbocycles. The molecule has 1 aromatic carbocycles. The highest BCUT2D eigenvalue weighted by molar-refractivity contribution is 6.33. The van der Waals surface area contributed by atoms with Crippen LogP contribution < -0.4 is 5.32 Å². The number of carbonyl (C=O) groups excluding carboxylic acids is 1. The highest BCUT2D eigenvalue weighted by Crippen LogP contribution is 2.16. The van der Waals surface area contributed by atoms with E-state index >= 15 is 0 Å². The predicted molar refractivity (Wildman–Crippen MR) is 63.7 cm³/mol. The third-order valence-corrected chi connectivity index (χ3v) is 2.53. The number of halogens is 3. The fraction of sp³-hybridized carbons (Fsp3) is 0.364. The minimum Gasteiger partial charge on any atom is -0.352 e. The Kier molecular flexibility index (Phi) is 5.03. The Balaban J connectivity index is 2.59. The number of hydrogen-bond donors (Lipinski definition) is 1. The molecule has 0 spiro atoms. The van der Waals surface area contributed by atoms with Gasteiger partial charge in [0.15, 0.2) is 0 Å². The van der Waals surface area contributed by atoms with Gasteiger partial charge in [-0.05, 0) is 31.5 Å². The van der Waals surface area contributed by atoms with Crippen molar-refractivity contribution in [3.8, 4) is 0 Å². The second-order valence-electron chi connectivity index (χ2n) is 3.45. The third kappa shape index (κ3) is 3.99. The minimum absolute atomic E-state index is 0.00369. The molecule has 5 heteroatoms. The van der Waals surface area contributed by atoms with Crippen molar-refractivity contribution in [1.29, 1.82) is 0 Å². The smallest absolute Gasteiger partial charge is 0.252 e. The molecule has 1 aromatic rings. The normalized spacial score (nSPS) is 12.2. The molecule has 0 saturated carbocycles. The van der Waals surface area contributed by atoms with Crippen LogP contribution >= 0.6 is 23.2 Å². The first-order valence-electron chi connectivity index (χ1n) is 4.88. The molecule has 0 aliphatic heterocycles. The summed E-state index contributed by atoms with van der Waals surface area (Å²) < 4.78 is 12.7. The van der Waals surface area contributed by atoms with Gasteiger partial charge in [-0.25, -0.2) is 4.39 Å². The molecule has 1 unspecified atom stereocenters. The van der Waals surface area contributed by atoms with E-state index in [1.165, 1.54) is 12.1 Å². The van der Waals surface area contributed by atoms with Crippen molar-refractivity contribution in [2.45, 2.75) is 18.7 Å².